The number of nitrogens with one attached hydrogen (secondary N) is 3. The molecule has 0 saturated carbocycles. The average molecular weight is 299 g/mol. The Morgan fingerprint density at radius 3 is 3.09 bits per heavy atom. The SMILES string of the molecule is CN(C)Cc1cccc(NC(=O)c2n[nH]c3c2CNCC3)c1. The second-order valence-corrected chi connectivity index (χ2v) is 5.85. The molecule has 116 valence electrons. The van der Waals surface area contributed by atoms with Gasteiger partial charge >= 0.3 is 0 Å². The number of fused-ring (bicyclic) bond motifs is 1. The van der Waals surface area contributed by atoms with Crippen LogP contribution < -0.4 is 10.6 Å². The molecule has 1 aliphatic rings. The van der Waals surface area contributed by atoms with Crippen LogP contribution in [-0.4, -0.2) is 41.6 Å². The number of hydrogen-bond donors (Lipinski definition) is 3. The fourth-order valence-corrected chi connectivity index (χ4v) is 2.72. The van der Waals surface area contributed by atoms with Crippen molar-refractivity contribution in [3.8, 4) is 0 Å². The van der Waals surface area contributed by atoms with Gasteiger partial charge in [-0.1, -0.05) is 12.1 Å². The Morgan fingerprint density at radius 1 is 1.41 bits per heavy atom. The highest BCUT2D eigenvalue weighted by Gasteiger charge is 2.21. The van der Waals surface area contributed by atoms with E-state index in [0.29, 0.717) is 12.2 Å². The van der Waals surface area contributed by atoms with Crippen LogP contribution in [0.2, 0.25) is 0 Å². The lowest BCUT2D eigenvalue weighted by Gasteiger charge is -2.13. The predicted octanol–water partition coefficient (Wildman–Crippen LogP) is 1.37. The van der Waals surface area contributed by atoms with Gasteiger partial charge in [0.1, 0.15) is 0 Å². The second kappa shape index (κ2) is 6.29. The van der Waals surface area contributed by atoms with Crippen molar-refractivity contribution in [2.24, 2.45) is 0 Å². The van der Waals surface area contributed by atoms with Gasteiger partial charge in [0, 0.05) is 43.0 Å². The van der Waals surface area contributed by atoms with Gasteiger partial charge in [-0.2, -0.15) is 5.10 Å². The molecule has 6 heteroatoms. The smallest absolute Gasteiger partial charge is 0.276 e. The minimum Gasteiger partial charge on any atom is -0.321 e. The van der Waals surface area contributed by atoms with E-state index in [2.05, 4.69) is 31.8 Å². The molecule has 2 heterocycles. The van der Waals surface area contributed by atoms with Crippen molar-refractivity contribution < 1.29 is 4.79 Å². The molecule has 6 nitrogen and oxygen atoms in total. The number of benzene rings is 1. The molecule has 1 amide bonds. The van der Waals surface area contributed by atoms with E-state index in [9.17, 15) is 4.79 Å². The van der Waals surface area contributed by atoms with Crippen molar-refractivity contribution >= 4 is 11.6 Å². The molecular formula is C16H21N5O. The number of amides is 1. The Labute approximate surface area is 129 Å². The summed E-state index contributed by atoms with van der Waals surface area (Å²) in [7, 11) is 4.04. The Morgan fingerprint density at radius 2 is 2.27 bits per heavy atom. The first kappa shape index (κ1) is 14.7. The van der Waals surface area contributed by atoms with Crippen LogP contribution in [-0.2, 0) is 19.5 Å². The maximum absolute atomic E-state index is 12.4. The quantitative estimate of drug-likeness (QED) is 0.797. The van der Waals surface area contributed by atoms with Crippen molar-refractivity contribution in [1.82, 2.24) is 20.4 Å². The van der Waals surface area contributed by atoms with Gasteiger partial charge in [-0.15, -0.1) is 0 Å². The zero-order valence-electron chi connectivity index (χ0n) is 12.9. The number of nitrogens with zero attached hydrogens (tertiary/aromatic N) is 2. The summed E-state index contributed by atoms with van der Waals surface area (Å²) in [6.07, 6.45) is 0.883. The monoisotopic (exact) mass is 299 g/mol. The van der Waals surface area contributed by atoms with Crippen LogP contribution in [0.4, 0.5) is 5.69 Å². The number of rotatable bonds is 4. The predicted molar refractivity (Wildman–Crippen MR) is 85.8 cm³/mol. The normalized spacial score (nSPS) is 14.0. The van der Waals surface area contributed by atoms with E-state index in [0.717, 1.165) is 42.0 Å². The number of carbonyl (C=O) groups is 1. The van der Waals surface area contributed by atoms with E-state index in [1.165, 1.54) is 0 Å². The molecule has 3 N–H and O–H groups in total. The molecule has 0 bridgehead atoms. The molecule has 22 heavy (non-hydrogen) atoms. The highest BCUT2D eigenvalue weighted by molar-refractivity contribution is 6.04. The number of anilines is 1. The third kappa shape index (κ3) is 3.18. The van der Waals surface area contributed by atoms with Crippen molar-refractivity contribution in [1.29, 1.82) is 0 Å². The first-order chi connectivity index (χ1) is 10.6. The van der Waals surface area contributed by atoms with Crippen LogP contribution in [0.25, 0.3) is 0 Å². The van der Waals surface area contributed by atoms with Gasteiger partial charge in [-0.05, 0) is 31.8 Å². The molecule has 1 aliphatic heterocycles. The lowest BCUT2D eigenvalue weighted by atomic mass is 10.1. The number of carbonyl (C=O) groups excluding carboxylic acids is 1. The minimum absolute atomic E-state index is 0.164. The van der Waals surface area contributed by atoms with Gasteiger partial charge in [-0.3, -0.25) is 9.89 Å². The zero-order chi connectivity index (χ0) is 15.5. The van der Waals surface area contributed by atoms with Crippen LogP contribution >= 0.6 is 0 Å². The molecule has 1 aromatic heterocycles. The largest absolute Gasteiger partial charge is 0.321 e. The van der Waals surface area contributed by atoms with Crippen LogP contribution in [0, 0.1) is 0 Å². The van der Waals surface area contributed by atoms with Crippen LogP contribution in [0.5, 0.6) is 0 Å². The van der Waals surface area contributed by atoms with Gasteiger partial charge in [-0.25, -0.2) is 0 Å². The Bertz CT molecular complexity index is 677. The summed E-state index contributed by atoms with van der Waals surface area (Å²) in [5.74, 6) is -0.164. The van der Waals surface area contributed by atoms with Crippen molar-refractivity contribution in [2.45, 2.75) is 19.5 Å². The van der Waals surface area contributed by atoms with Crippen LogP contribution in [0.1, 0.15) is 27.3 Å². The van der Waals surface area contributed by atoms with Gasteiger partial charge in [0.2, 0.25) is 0 Å². The molecule has 0 unspecified atom stereocenters. The average Bonchev–Trinajstić information content (AvgIpc) is 2.91. The van der Waals surface area contributed by atoms with Gasteiger partial charge in [0.15, 0.2) is 5.69 Å². The highest BCUT2D eigenvalue weighted by atomic mass is 16.1. The second-order valence-electron chi connectivity index (χ2n) is 5.85. The van der Waals surface area contributed by atoms with Crippen molar-refractivity contribution in [3.63, 3.8) is 0 Å². The maximum atomic E-state index is 12.4. The van der Waals surface area contributed by atoms with E-state index >= 15 is 0 Å². The summed E-state index contributed by atoms with van der Waals surface area (Å²) in [5.41, 5.74) is 4.48. The molecule has 2 aromatic rings. The minimum atomic E-state index is -0.164. The first-order valence-electron chi connectivity index (χ1n) is 7.45. The van der Waals surface area contributed by atoms with E-state index < -0.39 is 0 Å². The fraction of sp³-hybridized carbons (Fsp3) is 0.375. The van der Waals surface area contributed by atoms with Crippen LogP contribution in [0.15, 0.2) is 24.3 Å². The topological polar surface area (TPSA) is 73.0 Å². The van der Waals surface area contributed by atoms with Gasteiger partial charge in [0.25, 0.3) is 5.91 Å². The fourth-order valence-electron chi connectivity index (χ4n) is 2.72. The standard InChI is InChI=1S/C16H21N5O/c1-21(2)10-11-4-3-5-12(8-11)18-16(22)15-13-9-17-7-6-14(13)19-20-15/h3-5,8,17H,6-7,9-10H2,1-2H3,(H,18,22)(H,19,20). The van der Waals surface area contributed by atoms with Crippen molar-refractivity contribution in [3.05, 3.63) is 46.8 Å². The molecule has 3 rings (SSSR count). The molecule has 0 radical (unpaired) electrons. The van der Waals surface area contributed by atoms with E-state index in [1.54, 1.807) is 0 Å². The third-order valence-corrected chi connectivity index (χ3v) is 3.71. The summed E-state index contributed by atoms with van der Waals surface area (Å²) in [6.45, 7) is 2.45. The number of hydrogen-bond acceptors (Lipinski definition) is 4. The molecule has 0 aliphatic carbocycles. The highest BCUT2D eigenvalue weighted by Crippen LogP contribution is 2.18. The Hall–Kier alpha value is -2.18. The molecular weight excluding hydrogens is 278 g/mol. The van der Waals surface area contributed by atoms with Gasteiger partial charge < -0.3 is 15.5 Å². The number of aromatic nitrogens is 2. The molecule has 1 aromatic carbocycles. The summed E-state index contributed by atoms with van der Waals surface area (Å²) >= 11 is 0. The van der Waals surface area contributed by atoms with Crippen LogP contribution in [0.3, 0.4) is 0 Å². The summed E-state index contributed by atoms with van der Waals surface area (Å²) < 4.78 is 0. The first-order valence-corrected chi connectivity index (χ1v) is 7.45. The molecule has 0 saturated heterocycles. The lowest BCUT2D eigenvalue weighted by Crippen LogP contribution is -2.25. The lowest BCUT2D eigenvalue weighted by molar-refractivity contribution is 0.102. The van der Waals surface area contributed by atoms with Crippen molar-refractivity contribution in [2.75, 3.05) is 26.0 Å². The Kier molecular flexibility index (Phi) is 4.22. The Balaban J connectivity index is 1.75. The van der Waals surface area contributed by atoms with E-state index in [4.69, 9.17) is 0 Å². The van der Waals surface area contributed by atoms with E-state index in [1.807, 2.05) is 32.3 Å². The molecule has 0 atom stereocenters. The molecule has 0 fully saturated rings. The zero-order valence-corrected chi connectivity index (χ0v) is 12.9. The summed E-state index contributed by atoms with van der Waals surface area (Å²) in [5, 5.41) is 13.4. The van der Waals surface area contributed by atoms with E-state index in [-0.39, 0.29) is 5.91 Å². The molecule has 0 spiro atoms. The number of H-pyrrole nitrogens is 1. The number of aromatic amines is 1. The summed E-state index contributed by atoms with van der Waals surface area (Å²) in [4.78, 5) is 14.5. The third-order valence-electron chi connectivity index (χ3n) is 3.71. The van der Waals surface area contributed by atoms with Gasteiger partial charge in [0.05, 0.1) is 0 Å². The maximum Gasteiger partial charge on any atom is 0.276 e. The summed E-state index contributed by atoms with van der Waals surface area (Å²) in [6, 6.07) is 7.90.